The summed E-state index contributed by atoms with van der Waals surface area (Å²) in [5, 5.41) is 12.0. The van der Waals surface area contributed by atoms with Crippen LogP contribution < -0.4 is 16.6 Å². The summed E-state index contributed by atoms with van der Waals surface area (Å²) >= 11 is 0. The third kappa shape index (κ3) is 4.22. The molecular formula is C21H26N4O3. The number of anilines is 1. The summed E-state index contributed by atoms with van der Waals surface area (Å²) < 4.78 is 2.05. The maximum Gasteiger partial charge on any atom is 0.331 e. The van der Waals surface area contributed by atoms with Crippen LogP contribution in [0.5, 0.6) is 0 Å². The first-order valence-electron chi connectivity index (χ1n) is 9.38. The van der Waals surface area contributed by atoms with Crippen LogP contribution in [0.25, 0.3) is 0 Å². The van der Waals surface area contributed by atoms with Gasteiger partial charge >= 0.3 is 5.69 Å². The van der Waals surface area contributed by atoms with Gasteiger partial charge in [0, 0.05) is 18.4 Å². The van der Waals surface area contributed by atoms with Gasteiger partial charge in [0.15, 0.2) is 0 Å². The molecule has 0 aliphatic rings. The van der Waals surface area contributed by atoms with Gasteiger partial charge in [-0.2, -0.15) is 5.26 Å². The van der Waals surface area contributed by atoms with Crippen molar-refractivity contribution in [2.45, 2.75) is 59.5 Å². The number of carbonyl (C=O) groups is 1. The van der Waals surface area contributed by atoms with Crippen LogP contribution in [-0.4, -0.2) is 15.0 Å². The van der Waals surface area contributed by atoms with Crippen molar-refractivity contribution >= 4 is 11.6 Å². The second kappa shape index (κ2) is 8.70. The molecule has 0 unspecified atom stereocenters. The number of benzene rings is 1. The standard InChI is InChI=1S/C21H26N4O3/c1-6-24-11-15(10-22)20(27)25(21(24)28)12-18(26)23-19-16(13(2)3)8-7-9-17(19)14(4)5/h7-9,11,13-14H,6,12H2,1-5H3,(H,23,26). The van der Waals surface area contributed by atoms with Crippen LogP contribution in [-0.2, 0) is 17.9 Å². The molecule has 1 amide bonds. The predicted octanol–water partition coefficient (Wildman–Crippen LogP) is 2.79. The summed E-state index contributed by atoms with van der Waals surface area (Å²) in [5.74, 6) is -0.0983. The number of hydrogen-bond donors (Lipinski definition) is 1. The van der Waals surface area contributed by atoms with E-state index < -0.39 is 23.7 Å². The molecule has 7 heteroatoms. The molecule has 0 saturated heterocycles. The fourth-order valence-electron chi connectivity index (χ4n) is 3.11. The molecule has 1 N–H and O–H groups in total. The van der Waals surface area contributed by atoms with Gasteiger partial charge in [0.2, 0.25) is 5.91 Å². The van der Waals surface area contributed by atoms with Crippen LogP contribution in [0.1, 0.15) is 63.1 Å². The lowest BCUT2D eigenvalue weighted by molar-refractivity contribution is -0.116. The van der Waals surface area contributed by atoms with E-state index in [2.05, 4.69) is 5.32 Å². The summed E-state index contributed by atoms with van der Waals surface area (Å²) in [6, 6.07) is 7.66. The Labute approximate surface area is 164 Å². The third-order valence-electron chi connectivity index (χ3n) is 4.64. The number of rotatable bonds is 6. The van der Waals surface area contributed by atoms with Crippen molar-refractivity contribution in [2.24, 2.45) is 0 Å². The highest BCUT2D eigenvalue weighted by Crippen LogP contribution is 2.32. The first-order chi connectivity index (χ1) is 13.2. The van der Waals surface area contributed by atoms with E-state index in [1.165, 1.54) is 10.8 Å². The molecule has 7 nitrogen and oxygen atoms in total. The summed E-state index contributed by atoms with van der Waals surface area (Å²) in [6.07, 6.45) is 1.23. The Morgan fingerprint density at radius 1 is 1.14 bits per heavy atom. The molecule has 0 saturated carbocycles. The number of nitriles is 1. The van der Waals surface area contributed by atoms with E-state index in [1.54, 1.807) is 13.0 Å². The first kappa shape index (κ1) is 21.2. The maximum atomic E-state index is 12.7. The van der Waals surface area contributed by atoms with E-state index in [1.807, 2.05) is 45.9 Å². The average molecular weight is 382 g/mol. The van der Waals surface area contributed by atoms with Gasteiger partial charge < -0.3 is 5.32 Å². The zero-order valence-electron chi connectivity index (χ0n) is 16.9. The lowest BCUT2D eigenvalue weighted by atomic mass is 9.92. The van der Waals surface area contributed by atoms with Gasteiger partial charge in [-0.25, -0.2) is 9.36 Å². The lowest BCUT2D eigenvalue weighted by Crippen LogP contribution is -2.43. The van der Waals surface area contributed by atoms with Crippen LogP contribution in [0.3, 0.4) is 0 Å². The molecule has 0 aliphatic carbocycles. The molecule has 148 valence electrons. The summed E-state index contributed by atoms with van der Waals surface area (Å²) in [4.78, 5) is 37.6. The number of para-hydroxylation sites is 1. The molecule has 0 radical (unpaired) electrons. The third-order valence-corrected chi connectivity index (χ3v) is 4.64. The molecule has 0 fully saturated rings. The smallest absolute Gasteiger partial charge is 0.324 e. The van der Waals surface area contributed by atoms with Crippen molar-refractivity contribution in [3.8, 4) is 6.07 Å². The molecule has 0 aliphatic heterocycles. The number of aromatic nitrogens is 2. The average Bonchev–Trinajstić information content (AvgIpc) is 2.65. The van der Waals surface area contributed by atoms with E-state index in [0.717, 1.165) is 21.4 Å². The minimum Gasteiger partial charge on any atom is -0.324 e. The normalized spacial score (nSPS) is 10.9. The van der Waals surface area contributed by atoms with E-state index in [9.17, 15) is 14.4 Å². The monoisotopic (exact) mass is 382 g/mol. The molecule has 0 bridgehead atoms. The van der Waals surface area contributed by atoms with Gasteiger partial charge in [0.05, 0.1) is 0 Å². The Balaban J connectivity index is 2.46. The van der Waals surface area contributed by atoms with Crippen molar-refractivity contribution in [2.75, 3.05) is 5.32 Å². The summed E-state index contributed by atoms with van der Waals surface area (Å²) in [6.45, 7) is 9.73. The number of nitrogens with one attached hydrogen (secondary N) is 1. The summed E-state index contributed by atoms with van der Waals surface area (Å²) in [5.41, 5.74) is 1.17. The molecule has 2 aromatic rings. The van der Waals surface area contributed by atoms with Crippen LogP contribution >= 0.6 is 0 Å². The van der Waals surface area contributed by atoms with Crippen molar-refractivity contribution in [1.82, 2.24) is 9.13 Å². The van der Waals surface area contributed by atoms with Crippen molar-refractivity contribution in [1.29, 1.82) is 5.26 Å². The highest BCUT2D eigenvalue weighted by atomic mass is 16.2. The molecule has 2 rings (SSSR count). The minimum absolute atomic E-state index is 0.167. The fraction of sp³-hybridized carbons (Fsp3) is 0.429. The number of nitrogens with zero attached hydrogens (tertiary/aromatic N) is 3. The van der Waals surface area contributed by atoms with E-state index in [-0.39, 0.29) is 17.4 Å². The molecule has 0 spiro atoms. The number of hydrogen-bond acceptors (Lipinski definition) is 4. The number of aryl methyl sites for hydroxylation is 1. The topological polar surface area (TPSA) is 96.9 Å². The highest BCUT2D eigenvalue weighted by Gasteiger charge is 2.18. The quantitative estimate of drug-likeness (QED) is 0.831. The predicted molar refractivity (Wildman–Crippen MR) is 109 cm³/mol. The molecular weight excluding hydrogens is 356 g/mol. The Hall–Kier alpha value is -3.14. The second-order valence-electron chi connectivity index (χ2n) is 7.28. The van der Waals surface area contributed by atoms with Crippen molar-refractivity contribution in [3.05, 3.63) is 61.9 Å². The number of carbonyl (C=O) groups excluding carboxylic acids is 1. The van der Waals surface area contributed by atoms with Gasteiger partial charge in [-0.05, 0) is 29.9 Å². The highest BCUT2D eigenvalue weighted by molar-refractivity contribution is 5.92. The largest absolute Gasteiger partial charge is 0.331 e. The zero-order valence-corrected chi connectivity index (χ0v) is 16.9. The lowest BCUT2D eigenvalue weighted by Gasteiger charge is -2.20. The van der Waals surface area contributed by atoms with Crippen LogP contribution in [0.2, 0.25) is 0 Å². The van der Waals surface area contributed by atoms with Gasteiger partial charge in [-0.15, -0.1) is 0 Å². The summed E-state index contributed by atoms with van der Waals surface area (Å²) in [7, 11) is 0. The molecule has 28 heavy (non-hydrogen) atoms. The Bertz CT molecular complexity index is 1010. The second-order valence-corrected chi connectivity index (χ2v) is 7.28. The van der Waals surface area contributed by atoms with Gasteiger partial charge in [-0.1, -0.05) is 45.9 Å². The van der Waals surface area contributed by atoms with Crippen molar-refractivity contribution < 1.29 is 4.79 Å². The van der Waals surface area contributed by atoms with E-state index >= 15 is 0 Å². The Kier molecular flexibility index (Phi) is 6.57. The van der Waals surface area contributed by atoms with Gasteiger partial charge in [-0.3, -0.25) is 14.2 Å². The van der Waals surface area contributed by atoms with Gasteiger partial charge in [0.1, 0.15) is 18.2 Å². The van der Waals surface area contributed by atoms with Crippen LogP contribution in [0, 0.1) is 11.3 Å². The minimum atomic E-state index is -0.756. The van der Waals surface area contributed by atoms with Crippen LogP contribution in [0.15, 0.2) is 34.0 Å². The number of amides is 1. The van der Waals surface area contributed by atoms with Gasteiger partial charge in [0.25, 0.3) is 5.56 Å². The Morgan fingerprint density at radius 3 is 2.18 bits per heavy atom. The fourth-order valence-corrected chi connectivity index (χ4v) is 3.11. The SMILES string of the molecule is CCn1cc(C#N)c(=O)n(CC(=O)Nc2c(C(C)C)cccc2C(C)C)c1=O. The van der Waals surface area contributed by atoms with Crippen LogP contribution in [0.4, 0.5) is 5.69 Å². The van der Waals surface area contributed by atoms with E-state index in [0.29, 0.717) is 6.54 Å². The molecule has 1 heterocycles. The molecule has 0 atom stereocenters. The molecule has 1 aromatic heterocycles. The molecule has 1 aromatic carbocycles. The Morgan fingerprint density at radius 2 is 1.71 bits per heavy atom. The van der Waals surface area contributed by atoms with E-state index in [4.69, 9.17) is 5.26 Å². The zero-order chi connectivity index (χ0) is 21.0. The van der Waals surface area contributed by atoms with Crippen molar-refractivity contribution in [3.63, 3.8) is 0 Å². The first-order valence-corrected chi connectivity index (χ1v) is 9.38. The maximum absolute atomic E-state index is 12.7.